The summed E-state index contributed by atoms with van der Waals surface area (Å²) in [6.07, 6.45) is 0.0873. The lowest BCUT2D eigenvalue weighted by molar-refractivity contribution is -0.198. The molecule has 280 valence electrons. The molecule has 3 aromatic rings. The molecule has 51 heavy (non-hydrogen) atoms. The van der Waals surface area contributed by atoms with Crippen molar-refractivity contribution < 1.29 is 47.8 Å². The molecule has 0 amide bonds. The van der Waals surface area contributed by atoms with Gasteiger partial charge in [-0.05, 0) is 101 Å². The standard InChI is InChI=1S/C39H54NO10P/c1-11-37(12-2,50-51(49-13-3)40(27(4)5)28(6)7)38(35(41)42,36(43)44)26-48-39(29-14-20-32(45-8)21-15-29,30-16-22-33(46-9)23-17-30)31-18-24-34(47-10)25-19-31/h14-25,27-28H,11-13,26H2,1-10H3,(H,41,42)(H,43,44). The zero-order chi connectivity index (χ0) is 38.0. The van der Waals surface area contributed by atoms with E-state index in [9.17, 15) is 19.8 Å². The van der Waals surface area contributed by atoms with Crippen LogP contribution in [0.1, 0.15) is 78.0 Å². The first-order chi connectivity index (χ1) is 24.3. The second-order valence-corrected chi connectivity index (χ2v) is 14.1. The Balaban J connectivity index is 2.40. The predicted molar refractivity (Wildman–Crippen MR) is 198 cm³/mol. The highest BCUT2D eigenvalue weighted by atomic mass is 31.2. The molecule has 0 aliphatic carbocycles. The van der Waals surface area contributed by atoms with Crippen molar-refractivity contribution in [3.05, 3.63) is 89.5 Å². The van der Waals surface area contributed by atoms with Gasteiger partial charge in [0.2, 0.25) is 5.41 Å². The molecule has 12 heteroatoms. The van der Waals surface area contributed by atoms with Crippen molar-refractivity contribution in [2.75, 3.05) is 34.5 Å². The first kappa shape index (κ1) is 41.7. The average Bonchev–Trinajstić information content (AvgIpc) is 3.12. The number of ether oxygens (including phenoxy) is 4. The summed E-state index contributed by atoms with van der Waals surface area (Å²) in [4.78, 5) is 27.5. The second-order valence-electron chi connectivity index (χ2n) is 12.7. The molecule has 0 heterocycles. The van der Waals surface area contributed by atoms with Gasteiger partial charge in [-0.25, -0.2) is 4.67 Å². The van der Waals surface area contributed by atoms with Gasteiger partial charge in [0, 0.05) is 12.1 Å². The van der Waals surface area contributed by atoms with E-state index in [0.29, 0.717) is 33.9 Å². The summed E-state index contributed by atoms with van der Waals surface area (Å²) in [5.41, 5.74) is -4.08. The van der Waals surface area contributed by atoms with Gasteiger partial charge >= 0.3 is 11.9 Å². The van der Waals surface area contributed by atoms with Crippen LogP contribution in [0.5, 0.6) is 17.2 Å². The molecule has 3 rings (SSSR count). The number of carboxylic acid groups (broad SMARTS) is 2. The smallest absolute Gasteiger partial charge is 0.326 e. The van der Waals surface area contributed by atoms with Crippen molar-refractivity contribution in [1.29, 1.82) is 0 Å². The molecule has 2 N–H and O–H groups in total. The van der Waals surface area contributed by atoms with Gasteiger partial charge in [0.25, 0.3) is 8.53 Å². The summed E-state index contributed by atoms with van der Waals surface area (Å²) in [5.74, 6) is -1.39. The van der Waals surface area contributed by atoms with Gasteiger partial charge < -0.3 is 38.2 Å². The third kappa shape index (κ3) is 8.34. The van der Waals surface area contributed by atoms with Crippen molar-refractivity contribution >= 4 is 20.5 Å². The van der Waals surface area contributed by atoms with E-state index in [4.69, 9.17) is 28.0 Å². The Bertz CT molecular complexity index is 1400. The van der Waals surface area contributed by atoms with Crippen molar-refractivity contribution in [3.63, 3.8) is 0 Å². The van der Waals surface area contributed by atoms with Gasteiger partial charge in [-0.1, -0.05) is 50.2 Å². The third-order valence-electron chi connectivity index (χ3n) is 9.38. The molecule has 0 spiro atoms. The van der Waals surface area contributed by atoms with E-state index in [1.807, 2.05) is 75.7 Å². The van der Waals surface area contributed by atoms with Crippen LogP contribution in [0.15, 0.2) is 72.8 Å². The van der Waals surface area contributed by atoms with Gasteiger partial charge in [-0.2, -0.15) is 0 Å². The fraction of sp³-hybridized carbons (Fsp3) is 0.487. The van der Waals surface area contributed by atoms with Crippen molar-refractivity contribution in [2.45, 2.75) is 84.6 Å². The number of benzene rings is 3. The van der Waals surface area contributed by atoms with Crippen LogP contribution in [0.2, 0.25) is 0 Å². The SMILES string of the molecule is CCOP(OC(CC)(CC)C(COC(c1ccc(OC)cc1)(c1ccc(OC)cc1)c1ccc(OC)cc1)(C(=O)O)C(=O)O)N(C(C)C)C(C)C. The van der Waals surface area contributed by atoms with Crippen molar-refractivity contribution in [1.82, 2.24) is 4.67 Å². The minimum Gasteiger partial charge on any atom is -0.497 e. The van der Waals surface area contributed by atoms with Gasteiger partial charge in [-0.15, -0.1) is 0 Å². The Hall–Kier alpha value is -3.73. The predicted octanol–water partition coefficient (Wildman–Crippen LogP) is 8.13. The fourth-order valence-corrected chi connectivity index (χ4v) is 8.58. The molecule has 0 aromatic heterocycles. The number of carboxylic acids is 2. The molecule has 0 bridgehead atoms. The average molecular weight is 728 g/mol. The van der Waals surface area contributed by atoms with Gasteiger partial charge in [0.1, 0.15) is 28.5 Å². The first-order valence-electron chi connectivity index (χ1n) is 17.2. The molecule has 0 saturated carbocycles. The normalized spacial score (nSPS) is 13.0. The van der Waals surface area contributed by atoms with E-state index in [1.54, 1.807) is 71.6 Å². The monoisotopic (exact) mass is 727 g/mol. The maximum absolute atomic E-state index is 13.7. The first-order valence-corrected chi connectivity index (χ1v) is 18.3. The fourth-order valence-electron chi connectivity index (χ4n) is 6.61. The minimum absolute atomic E-state index is 0.0396. The summed E-state index contributed by atoms with van der Waals surface area (Å²) in [5, 5.41) is 22.3. The van der Waals surface area contributed by atoms with E-state index in [0.717, 1.165) is 0 Å². The molecule has 3 aromatic carbocycles. The van der Waals surface area contributed by atoms with Gasteiger partial charge in [0.15, 0.2) is 0 Å². The molecule has 0 radical (unpaired) electrons. The summed E-state index contributed by atoms with van der Waals surface area (Å²) in [7, 11) is 2.79. The summed E-state index contributed by atoms with van der Waals surface area (Å²) < 4.78 is 38.3. The number of carbonyl (C=O) groups is 2. The van der Waals surface area contributed by atoms with E-state index in [1.165, 1.54) is 0 Å². The molecular formula is C39H54NO10P. The van der Waals surface area contributed by atoms with Crippen LogP contribution in [-0.2, 0) is 29.0 Å². The quantitative estimate of drug-likeness (QED) is 0.0626. The van der Waals surface area contributed by atoms with Crippen LogP contribution in [0.3, 0.4) is 0 Å². The van der Waals surface area contributed by atoms with E-state index < -0.39 is 43.7 Å². The zero-order valence-electron chi connectivity index (χ0n) is 31.5. The van der Waals surface area contributed by atoms with Gasteiger partial charge in [-0.3, -0.25) is 9.59 Å². The van der Waals surface area contributed by atoms with Crippen LogP contribution < -0.4 is 14.2 Å². The lowest BCUT2D eigenvalue weighted by atomic mass is 9.68. The maximum Gasteiger partial charge on any atom is 0.326 e. The van der Waals surface area contributed by atoms with Crippen molar-refractivity contribution in [3.8, 4) is 17.2 Å². The number of rotatable bonds is 21. The number of nitrogens with zero attached hydrogens (tertiary/aromatic N) is 1. The molecule has 11 nitrogen and oxygen atoms in total. The molecule has 0 saturated heterocycles. The van der Waals surface area contributed by atoms with Crippen LogP contribution >= 0.6 is 8.53 Å². The van der Waals surface area contributed by atoms with Crippen LogP contribution in [0.25, 0.3) is 0 Å². The Morgan fingerprint density at radius 1 is 0.667 bits per heavy atom. The molecule has 1 unspecified atom stereocenters. The lowest BCUT2D eigenvalue weighted by Gasteiger charge is -2.48. The number of methoxy groups -OCH3 is 3. The summed E-state index contributed by atoms with van der Waals surface area (Å²) in [6.45, 7) is 12.8. The van der Waals surface area contributed by atoms with Gasteiger partial charge in [0.05, 0.1) is 34.5 Å². The van der Waals surface area contributed by atoms with Crippen LogP contribution in [0, 0.1) is 5.41 Å². The number of hydrogen-bond donors (Lipinski definition) is 2. The van der Waals surface area contributed by atoms with Crippen molar-refractivity contribution in [2.24, 2.45) is 5.41 Å². The van der Waals surface area contributed by atoms with Crippen LogP contribution in [-0.4, -0.2) is 79.0 Å². The second kappa shape index (κ2) is 18.2. The lowest BCUT2D eigenvalue weighted by Crippen LogP contribution is -2.62. The molecular weight excluding hydrogens is 673 g/mol. The highest BCUT2D eigenvalue weighted by molar-refractivity contribution is 7.44. The zero-order valence-corrected chi connectivity index (χ0v) is 32.4. The largest absolute Gasteiger partial charge is 0.497 e. The van der Waals surface area contributed by atoms with E-state index in [-0.39, 0.29) is 31.5 Å². The third-order valence-corrected chi connectivity index (χ3v) is 11.7. The molecule has 0 aliphatic rings. The van der Waals surface area contributed by atoms with Crippen LogP contribution in [0.4, 0.5) is 0 Å². The maximum atomic E-state index is 13.7. The van der Waals surface area contributed by atoms with E-state index >= 15 is 0 Å². The Kier molecular flexibility index (Phi) is 14.8. The molecule has 0 fully saturated rings. The Morgan fingerprint density at radius 2 is 1.02 bits per heavy atom. The summed E-state index contributed by atoms with van der Waals surface area (Å²) >= 11 is 0. The Morgan fingerprint density at radius 3 is 1.27 bits per heavy atom. The summed E-state index contributed by atoms with van der Waals surface area (Å²) in [6, 6.07) is 21.5. The number of aliphatic carboxylic acids is 2. The molecule has 1 atom stereocenters. The Labute approximate surface area is 303 Å². The highest BCUT2D eigenvalue weighted by Crippen LogP contribution is 2.56. The minimum atomic E-state index is -2.59. The highest BCUT2D eigenvalue weighted by Gasteiger charge is 2.65. The molecule has 0 aliphatic heterocycles. The topological polar surface area (TPSA) is 133 Å². The van der Waals surface area contributed by atoms with E-state index in [2.05, 4.69) is 0 Å². The number of hydrogen-bond acceptors (Lipinski definition) is 9.